The van der Waals surface area contributed by atoms with Gasteiger partial charge in [-0.05, 0) is 32.4 Å². The summed E-state index contributed by atoms with van der Waals surface area (Å²) in [6.45, 7) is 5.93. The third-order valence-electron chi connectivity index (χ3n) is 2.87. The maximum atomic E-state index is 5.77. The molecule has 0 spiro atoms. The van der Waals surface area contributed by atoms with E-state index in [0.29, 0.717) is 4.99 Å². The minimum absolute atomic E-state index is 0.358. The van der Waals surface area contributed by atoms with Gasteiger partial charge in [0.15, 0.2) is 0 Å². The van der Waals surface area contributed by atoms with Gasteiger partial charge in [0.25, 0.3) is 0 Å². The van der Waals surface area contributed by atoms with Gasteiger partial charge in [-0.2, -0.15) is 0 Å². The first-order valence-corrected chi connectivity index (χ1v) is 5.69. The highest BCUT2D eigenvalue weighted by Crippen LogP contribution is 2.18. The van der Waals surface area contributed by atoms with Crippen LogP contribution in [0.1, 0.15) is 22.5 Å². The van der Waals surface area contributed by atoms with E-state index < -0.39 is 0 Å². The van der Waals surface area contributed by atoms with Crippen molar-refractivity contribution in [1.82, 2.24) is 14.5 Å². The van der Waals surface area contributed by atoms with Gasteiger partial charge in [-0.25, -0.2) is 9.97 Å². The third kappa shape index (κ3) is 1.93. The van der Waals surface area contributed by atoms with Gasteiger partial charge in [0.2, 0.25) is 0 Å². The molecule has 4 nitrogen and oxygen atoms in total. The first kappa shape index (κ1) is 11.7. The molecule has 0 aliphatic rings. The van der Waals surface area contributed by atoms with Gasteiger partial charge in [-0.15, -0.1) is 0 Å². The number of rotatable bonds is 2. The minimum Gasteiger partial charge on any atom is -0.389 e. The Morgan fingerprint density at radius 3 is 2.53 bits per heavy atom. The van der Waals surface area contributed by atoms with E-state index >= 15 is 0 Å². The number of pyridine rings is 1. The van der Waals surface area contributed by atoms with Crippen molar-refractivity contribution < 1.29 is 0 Å². The average Bonchev–Trinajstić information content (AvgIpc) is 2.59. The van der Waals surface area contributed by atoms with E-state index in [2.05, 4.69) is 9.97 Å². The molecule has 17 heavy (non-hydrogen) atoms. The summed E-state index contributed by atoms with van der Waals surface area (Å²) in [5, 5.41) is 0. The molecule has 2 heterocycles. The lowest BCUT2D eigenvalue weighted by Gasteiger charge is -2.12. The summed E-state index contributed by atoms with van der Waals surface area (Å²) < 4.78 is 1.91. The highest BCUT2D eigenvalue weighted by atomic mass is 32.1. The van der Waals surface area contributed by atoms with Crippen LogP contribution in [0.5, 0.6) is 0 Å². The van der Waals surface area contributed by atoms with E-state index in [9.17, 15) is 0 Å². The van der Waals surface area contributed by atoms with Crippen molar-refractivity contribution in [3.05, 3.63) is 41.1 Å². The fourth-order valence-electron chi connectivity index (χ4n) is 1.74. The molecule has 0 saturated heterocycles. The lowest BCUT2D eigenvalue weighted by molar-refractivity contribution is 0.943. The number of nitrogens with zero attached hydrogens (tertiary/aromatic N) is 3. The summed E-state index contributed by atoms with van der Waals surface area (Å²) in [5.41, 5.74) is 9.61. The molecule has 0 fully saturated rings. The second kappa shape index (κ2) is 4.25. The fourth-order valence-corrected chi connectivity index (χ4v) is 2.00. The molecule has 0 amide bonds. The lowest BCUT2D eigenvalue weighted by atomic mass is 10.1. The van der Waals surface area contributed by atoms with Gasteiger partial charge in [-0.1, -0.05) is 12.2 Å². The zero-order valence-corrected chi connectivity index (χ0v) is 10.9. The van der Waals surface area contributed by atoms with Gasteiger partial charge in [0, 0.05) is 11.9 Å². The molecular formula is C12H14N4S. The maximum absolute atomic E-state index is 5.77. The second-order valence-electron chi connectivity index (χ2n) is 3.98. The predicted octanol–water partition coefficient (Wildman–Crippen LogP) is 1.83. The van der Waals surface area contributed by atoms with Gasteiger partial charge < -0.3 is 5.73 Å². The molecule has 2 N–H and O–H groups in total. The Morgan fingerprint density at radius 1 is 1.29 bits per heavy atom. The van der Waals surface area contributed by atoms with Crippen LogP contribution in [-0.2, 0) is 0 Å². The second-order valence-corrected chi connectivity index (χ2v) is 4.42. The first-order chi connectivity index (χ1) is 8.02. The van der Waals surface area contributed by atoms with Crippen LogP contribution in [0.4, 0.5) is 0 Å². The van der Waals surface area contributed by atoms with Crippen LogP contribution in [0, 0.1) is 20.8 Å². The Labute approximate surface area is 106 Å². The monoisotopic (exact) mass is 246 g/mol. The highest BCUT2D eigenvalue weighted by Gasteiger charge is 2.14. The maximum Gasteiger partial charge on any atom is 0.148 e. The third-order valence-corrected chi connectivity index (χ3v) is 3.07. The number of aryl methyl sites for hydroxylation is 2. The lowest BCUT2D eigenvalue weighted by Crippen LogP contribution is -2.16. The molecule has 2 rings (SSSR count). The van der Waals surface area contributed by atoms with Crippen LogP contribution < -0.4 is 5.73 Å². The zero-order valence-electron chi connectivity index (χ0n) is 10.1. The molecule has 0 radical (unpaired) electrons. The van der Waals surface area contributed by atoms with Crippen molar-refractivity contribution in [2.24, 2.45) is 5.73 Å². The molecule has 0 aromatic carbocycles. The van der Waals surface area contributed by atoms with Crippen LogP contribution >= 0.6 is 12.2 Å². The summed E-state index contributed by atoms with van der Waals surface area (Å²) in [6.07, 6.45) is 3.50. The quantitative estimate of drug-likeness (QED) is 0.821. The van der Waals surface area contributed by atoms with Gasteiger partial charge in [0.05, 0.1) is 11.3 Å². The number of hydrogen-bond acceptors (Lipinski definition) is 3. The predicted molar refractivity (Wildman–Crippen MR) is 71.5 cm³/mol. The van der Waals surface area contributed by atoms with E-state index in [1.54, 1.807) is 12.5 Å². The van der Waals surface area contributed by atoms with Crippen LogP contribution in [0.15, 0.2) is 18.6 Å². The van der Waals surface area contributed by atoms with Gasteiger partial charge >= 0.3 is 0 Å². The molecule has 2 aromatic heterocycles. The first-order valence-electron chi connectivity index (χ1n) is 5.28. The Balaban J connectivity index is 2.72. The van der Waals surface area contributed by atoms with E-state index in [4.69, 9.17) is 18.0 Å². The summed E-state index contributed by atoms with van der Waals surface area (Å²) in [4.78, 5) is 8.98. The fraction of sp³-hybridized carbons (Fsp3) is 0.250. The van der Waals surface area contributed by atoms with Crippen LogP contribution in [-0.4, -0.2) is 19.5 Å². The zero-order chi connectivity index (χ0) is 12.6. The van der Waals surface area contributed by atoms with Crippen molar-refractivity contribution in [1.29, 1.82) is 0 Å². The van der Waals surface area contributed by atoms with Crippen LogP contribution in [0.25, 0.3) is 5.82 Å². The molecule has 88 valence electrons. The van der Waals surface area contributed by atoms with E-state index in [1.807, 2.05) is 31.4 Å². The van der Waals surface area contributed by atoms with Crippen molar-refractivity contribution in [3.8, 4) is 5.82 Å². The molecule has 2 aromatic rings. The van der Waals surface area contributed by atoms with Crippen molar-refractivity contribution >= 4 is 17.2 Å². The Hall–Kier alpha value is -1.75. The summed E-state index contributed by atoms with van der Waals surface area (Å²) >= 11 is 5.09. The van der Waals surface area contributed by atoms with E-state index in [0.717, 1.165) is 28.3 Å². The topological polar surface area (TPSA) is 56.7 Å². The average molecular weight is 246 g/mol. The molecule has 0 bridgehead atoms. The normalized spacial score (nSPS) is 10.5. The summed E-state index contributed by atoms with van der Waals surface area (Å²) in [7, 11) is 0. The summed E-state index contributed by atoms with van der Waals surface area (Å²) in [5.74, 6) is 0.746. The number of imidazole rings is 1. The Morgan fingerprint density at radius 2 is 2.00 bits per heavy atom. The highest BCUT2D eigenvalue weighted by molar-refractivity contribution is 7.80. The molecule has 0 saturated carbocycles. The SMILES string of the molecule is Cc1ccnc(-n2cnc(C)c2C)c1C(N)=S. The molecule has 0 unspecified atom stereocenters. The largest absolute Gasteiger partial charge is 0.389 e. The van der Waals surface area contributed by atoms with Crippen molar-refractivity contribution in [2.45, 2.75) is 20.8 Å². The van der Waals surface area contributed by atoms with E-state index in [1.165, 1.54) is 0 Å². The molecular weight excluding hydrogens is 232 g/mol. The van der Waals surface area contributed by atoms with E-state index in [-0.39, 0.29) is 0 Å². The van der Waals surface area contributed by atoms with Gasteiger partial charge in [-0.3, -0.25) is 4.57 Å². The standard InChI is InChI=1S/C12H14N4S/c1-7-4-5-14-12(10(7)11(13)17)16-6-15-8(2)9(16)3/h4-6H,1-3H3,(H2,13,17). The summed E-state index contributed by atoms with van der Waals surface area (Å²) in [6, 6.07) is 1.90. The minimum atomic E-state index is 0.358. The van der Waals surface area contributed by atoms with Crippen molar-refractivity contribution in [3.63, 3.8) is 0 Å². The van der Waals surface area contributed by atoms with Crippen LogP contribution in [0.2, 0.25) is 0 Å². The Kier molecular flexibility index (Phi) is 2.93. The number of nitrogens with two attached hydrogens (primary N) is 1. The Bertz CT molecular complexity index is 586. The number of thiocarbonyl (C=S) groups is 1. The molecule has 0 aliphatic carbocycles. The number of aromatic nitrogens is 3. The van der Waals surface area contributed by atoms with Gasteiger partial charge in [0.1, 0.15) is 17.1 Å². The van der Waals surface area contributed by atoms with Crippen molar-refractivity contribution in [2.75, 3.05) is 0 Å². The molecule has 0 aliphatic heterocycles. The molecule has 5 heteroatoms. The smallest absolute Gasteiger partial charge is 0.148 e. The molecule has 0 atom stereocenters. The number of hydrogen-bond donors (Lipinski definition) is 1. The van der Waals surface area contributed by atoms with Crippen LogP contribution in [0.3, 0.4) is 0 Å².